The second-order valence-electron chi connectivity index (χ2n) is 10.4. The molecule has 212 valence electrons. The van der Waals surface area contributed by atoms with Crippen molar-refractivity contribution in [2.24, 2.45) is 11.8 Å². The Labute approximate surface area is 233 Å². The van der Waals surface area contributed by atoms with E-state index in [-0.39, 0.29) is 45.4 Å². The number of nitrogens with zero attached hydrogens (tertiary/aromatic N) is 1. The lowest BCUT2D eigenvalue weighted by atomic mass is 9.70. The van der Waals surface area contributed by atoms with Crippen LogP contribution in [0.4, 0.5) is 18.9 Å². The van der Waals surface area contributed by atoms with E-state index >= 15 is 0 Å². The highest BCUT2D eigenvalue weighted by Crippen LogP contribution is 2.56. The number of rotatable bonds is 6. The van der Waals surface area contributed by atoms with Gasteiger partial charge in [-0.3, -0.25) is 9.78 Å². The van der Waals surface area contributed by atoms with E-state index in [0.29, 0.717) is 12.8 Å². The fraction of sp³-hybridized carbons (Fsp3) is 0.357. The van der Waals surface area contributed by atoms with Crippen molar-refractivity contribution in [3.8, 4) is 0 Å². The first-order chi connectivity index (χ1) is 18.8. The van der Waals surface area contributed by atoms with Crippen LogP contribution >= 0.6 is 11.6 Å². The summed E-state index contributed by atoms with van der Waals surface area (Å²) >= 11 is 6.28. The molecule has 1 aromatic heterocycles. The number of hydrogen-bond acceptors (Lipinski definition) is 6. The van der Waals surface area contributed by atoms with Crippen LogP contribution in [0.3, 0.4) is 0 Å². The molecule has 5 atom stereocenters. The smallest absolute Gasteiger partial charge is 0.255 e. The Morgan fingerprint density at radius 1 is 1.02 bits per heavy atom. The second kappa shape index (κ2) is 10.4. The number of amides is 1. The van der Waals surface area contributed by atoms with Crippen LogP contribution in [-0.2, 0) is 9.84 Å². The number of halogens is 4. The average Bonchev–Trinajstić information content (AvgIpc) is 3.07. The quantitative estimate of drug-likeness (QED) is 0.364. The molecule has 0 aliphatic heterocycles. The van der Waals surface area contributed by atoms with E-state index in [1.807, 2.05) is 0 Å². The molecule has 7 nitrogen and oxygen atoms in total. The monoisotopic (exact) mass is 594 g/mol. The van der Waals surface area contributed by atoms with Gasteiger partial charge in [0, 0.05) is 17.3 Å². The zero-order valence-corrected chi connectivity index (χ0v) is 22.8. The molecule has 0 radical (unpaired) electrons. The molecule has 2 aliphatic carbocycles. The second-order valence-corrected chi connectivity index (χ2v) is 13.0. The number of nitrogens with one attached hydrogen (secondary N) is 1. The van der Waals surface area contributed by atoms with Gasteiger partial charge >= 0.3 is 0 Å². The van der Waals surface area contributed by atoms with Crippen LogP contribution in [0.15, 0.2) is 53.4 Å². The number of hydrogen-bond donors (Lipinski definition) is 3. The maximum atomic E-state index is 13.8. The van der Waals surface area contributed by atoms with E-state index in [1.54, 1.807) is 0 Å². The van der Waals surface area contributed by atoms with Crippen LogP contribution in [0.5, 0.6) is 0 Å². The SMILES string of the molecule is Cc1nc(C(O)[C@@]2(O)C3CC[C@H]2CC(S(=O)(=O)c2cc(C(=O)Nc4ccc(F)c(F)c4)ccc2Cl)C3)ccc1F. The summed E-state index contributed by atoms with van der Waals surface area (Å²) in [4.78, 5) is 16.6. The van der Waals surface area contributed by atoms with Gasteiger partial charge in [0.05, 0.1) is 26.6 Å². The molecule has 1 heterocycles. The number of carbonyl (C=O) groups excluding carboxylic acids is 1. The maximum Gasteiger partial charge on any atom is 0.255 e. The molecule has 0 saturated heterocycles. The van der Waals surface area contributed by atoms with Crippen LogP contribution < -0.4 is 5.32 Å². The third-order valence-electron chi connectivity index (χ3n) is 8.14. The highest BCUT2D eigenvalue weighted by atomic mass is 35.5. The van der Waals surface area contributed by atoms with Crippen molar-refractivity contribution in [1.82, 2.24) is 4.98 Å². The molecule has 3 aromatic rings. The summed E-state index contributed by atoms with van der Waals surface area (Å²) in [7, 11) is -4.09. The zero-order chi connectivity index (χ0) is 29.0. The van der Waals surface area contributed by atoms with E-state index in [0.717, 1.165) is 18.2 Å². The summed E-state index contributed by atoms with van der Waals surface area (Å²) in [6, 6.07) is 9.02. The fourth-order valence-electron chi connectivity index (χ4n) is 6.01. The van der Waals surface area contributed by atoms with Crippen LogP contribution in [0.25, 0.3) is 0 Å². The summed E-state index contributed by atoms with van der Waals surface area (Å²) in [6.07, 6.45) is -0.397. The number of fused-ring (bicyclic) bond motifs is 2. The van der Waals surface area contributed by atoms with Gasteiger partial charge in [-0.15, -0.1) is 0 Å². The summed E-state index contributed by atoms with van der Waals surface area (Å²) in [6.45, 7) is 1.45. The molecule has 2 saturated carbocycles. The van der Waals surface area contributed by atoms with Crippen molar-refractivity contribution in [3.63, 3.8) is 0 Å². The molecule has 2 aromatic carbocycles. The van der Waals surface area contributed by atoms with Crippen LogP contribution in [0, 0.1) is 36.2 Å². The molecule has 40 heavy (non-hydrogen) atoms. The molecule has 12 heteroatoms. The van der Waals surface area contributed by atoms with Gasteiger partial charge in [-0.25, -0.2) is 21.6 Å². The van der Waals surface area contributed by atoms with Crippen LogP contribution in [0.2, 0.25) is 5.02 Å². The van der Waals surface area contributed by atoms with E-state index in [4.69, 9.17) is 11.6 Å². The summed E-state index contributed by atoms with van der Waals surface area (Å²) in [5.41, 5.74) is -1.53. The summed E-state index contributed by atoms with van der Waals surface area (Å²) in [5, 5.41) is 24.1. The molecule has 3 unspecified atom stereocenters. The van der Waals surface area contributed by atoms with Gasteiger partial charge < -0.3 is 15.5 Å². The Morgan fingerprint density at radius 3 is 2.30 bits per heavy atom. The van der Waals surface area contributed by atoms with Gasteiger partial charge in [-0.1, -0.05) is 11.6 Å². The molecule has 2 fully saturated rings. The number of aromatic nitrogens is 1. The molecule has 5 rings (SSSR count). The Balaban J connectivity index is 1.39. The molecule has 3 N–H and O–H groups in total. The molecule has 0 spiro atoms. The van der Waals surface area contributed by atoms with Crippen molar-refractivity contribution in [2.75, 3.05) is 5.32 Å². The van der Waals surface area contributed by atoms with Crippen LogP contribution in [0.1, 0.15) is 53.5 Å². The first kappa shape index (κ1) is 28.5. The van der Waals surface area contributed by atoms with Gasteiger partial charge in [0.2, 0.25) is 0 Å². The predicted molar refractivity (Wildman–Crippen MR) is 141 cm³/mol. The van der Waals surface area contributed by atoms with E-state index < -0.39 is 62.0 Å². The Bertz CT molecular complexity index is 1590. The van der Waals surface area contributed by atoms with Crippen molar-refractivity contribution < 1.29 is 36.6 Å². The zero-order valence-electron chi connectivity index (χ0n) is 21.2. The number of carbonyl (C=O) groups is 1. The third-order valence-corrected chi connectivity index (χ3v) is 10.8. The minimum atomic E-state index is -4.09. The van der Waals surface area contributed by atoms with Crippen molar-refractivity contribution in [2.45, 2.75) is 54.5 Å². The number of anilines is 1. The van der Waals surface area contributed by atoms with Crippen molar-refractivity contribution >= 4 is 33.0 Å². The number of benzene rings is 2. The largest absolute Gasteiger partial charge is 0.386 e. The van der Waals surface area contributed by atoms with E-state index in [1.165, 1.54) is 37.3 Å². The lowest BCUT2D eigenvalue weighted by molar-refractivity contribution is -0.145. The fourth-order valence-corrected chi connectivity index (χ4v) is 8.42. The van der Waals surface area contributed by atoms with Crippen LogP contribution in [-0.4, -0.2) is 40.4 Å². The minimum absolute atomic E-state index is 0.0178. The molecule has 2 aliphatic rings. The first-order valence-corrected chi connectivity index (χ1v) is 14.6. The Morgan fingerprint density at radius 2 is 1.68 bits per heavy atom. The van der Waals surface area contributed by atoms with Gasteiger partial charge in [0.25, 0.3) is 5.91 Å². The predicted octanol–water partition coefficient (Wildman–Crippen LogP) is 5.14. The van der Waals surface area contributed by atoms with Gasteiger partial charge in [0.1, 0.15) is 17.5 Å². The average molecular weight is 595 g/mol. The van der Waals surface area contributed by atoms with Crippen molar-refractivity contribution in [1.29, 1.82) is 0 Å². The first-order valence-electron chi connectivity index (χ1n) is 12.7. The normalized spacial score (nSPS) is 25.0. The maximum absolute atomic E-state index is 13.8. The number of aryl methyl sites for hydroxylation is 1. The minimum Gasteiger partial charge on any atom is -0.386 e. The number of sulfone groups is 1. The highest BCUT2D eigenvalue weighted by molar-refractivity contribution is 7.92. The number of pyridine rings is 1. The Kier molecular flexibility index (Phi) is 7.45. The third kappa shape index (κ3) is 4.89. The summed E-state index contributed by atoms with van der Waals surface area (Å²) < 4.78 is 68.0. The Hall–Kier alpha value is -2.99. The molecular weight excluding hydrogens is 569 g/mol. The van der Waals surface area contributed by atoms with Gasteiger partial charge in [0.15, 0.2) is 21.5 Å². The lowest BCUT2D eigenvalue weighted by Gasteiger charge is -2.45. The highest BCUT2D eigenvalue weighted by Gasteiger charge is 2.59. The van der Waals surface area contributed by atoms with Gasteiger partial charge in [-0.2, -0.15) is 0 Å². The van der Waals surface area contributed by atoms with Gasteiger partial charge in [-0.05, 0) is 86.9 Å². The number of aliphatic hydroxyl groups is 2. The molecular formula is C28H26ClF3N2O5S. The topological polar surface area (TPSA) is 117 Å². The summed E-state index contributed by atoms with van der Waals surface area (Å²) in [5.74, 6) is -4.68. The lowest BCUT2D eigenvalue weighted by Crippen LogP contribution is -2.52. The number of aliphatic hydroxyl groups excluding tert-OH is 1. The molecule has 2 bridgehead atoms. The van der Waals surface area contributed by atoms with E-state index in [9.17, 15) is 36.6 Å². The molecule has 1 amide bonds. The standard InChI is InChI=1S/C28H26ClF3N2O5S/c1-14-21(30)8-9-24(33-14)26(35)28(37)16-3-4-17(28)12-19(11-16)40(38,39)25-10-15(2-6-20(25)29)27(36)34-18-5-7-22(31)23(32)13-18/h2,5-10,13,16-17,19,26,35,37H,3-4,11-12H2,1H3,(H,34,36)/t16-,17?,19?,26?,28-/m0/s1. The van der Waals surface area contributed by atoms with E-state index in [2.05, 4.69) is 10.3 Å². The van der Waals surface area contributed by atoms with Crippen molar-refractivity contribution in [3.05, 3.63) is 88.0 Å².